The van der Waals surface area contributed by atoms with Gasteiger partial charge in [0.25, 0.3) is 0 Å². The van der Waals surface area contributed by atoms with E-state index in [9.17, 15) is 0 Å². The Kier molecular flexibility index (Phi) is 5.01. The van der Waals surface area contributed by atoms with Crippen molar-refractivity contribution in [1.29, 1.82) is 0 Å². The third kappa shape index (κ3) is 3.52. The van der Waals surface area contributed by atoms with Gasteiger partial charge >= 0.3 is 0 Å². The van der Waals surface area contributed by atoms with Gasteiger partial charge in [-0.15, -0.1) is 0 Å². The average Bonchev–Trinajstić information content (AvgIpc) is 3.04. The van der Waals surface area contributed by atoms with Crippen molar-refractivity contribution in [1.82, 2.24) is 9.88 Å². The van der Waals surface area contributed by atoms with Crippen molar-refractivity contribution in [2.24, 2.45) is 0 Å². The smallest absolute Gasteiger partial charge is 0.0707 e. The van der Waals surface area contributed by atoms with E-state index in [0.29, 0.717) is 0 Å². The summed E-state index contributed by atoms with van der Waals surface area (Å²) in [5.74, 6) is 0. The van der Waals surface area contributed by atoms with E-state index < -0.39 is 0 Å². The molecule has 3 aromatic rings. The Morgan fingerprint density at radius 1 is 0.966 bits per heavy atom. The molecule has 2 aliphatic rings. The summed E-state index contributed by atoms with van der Waals surface area (Å²) in [6.45, 7) is 7.17. The van der Waals surface area contributed by atoms with Crippen LogP contribution in [0.5, 0.6) is 0 Å². The van der Waals surface area contributed by atoms with E-state index in [1.165, 1.54) is 38.8 Å². The lowest BCUT2D eigenvalue weighted by Gasteiger charge is -2.26. The molecule has 146 valence electrons. The molecule has 0 radical (unpaired) electrons. The highest BCUT2D eigenvalue weighted by Gasteiger charge is 2.24. The van der Waals surface area contributed by atoms with Crippen LogP contribution in [0.4, 0.5) is 0 Å². The SMILES string of the molecule is CC1=C(CCN2CCOCC2)c2ccccc2/C1=C\c1ccnc2ccccc12. The third-order valence-corrected chi connectivity index (χ3v) is 6.16. The zero-order chi connectivity index (χ0) is 19.6. The van der Waals surface area contributed by atoms with Gasteiger partial charge < -0.3 is 4.74 Å². The Labute approximate surface area is 172 Å². The second-order valence-corrected chi connectivity index (χ2v) is 7.83. The molecule has 3 heteroatoms. The van der Waals surface area contributed by atoms with Crippen LogP contribution in [0.3, 0.4) is 0 Å². The lowest BCUT2D eigenvalue weighted by Crippen LogP contribution is -2.36. The minimum Gasteiger partial charge on any atom is -0.379 e. The number of ether oxygens (including phenoxy) is 1. The summed E-state index contributed by atoms with van der Waals surface area (Å²) in [6.07, 6.45) is 5.34. The quantitative estimate of drug-likeness (QED) is 0.613. The Bertz CT molecular complexity index is 1100. The summed E-state index contributed by atoms with van der Waals surface area (Å²) >= 11 is 0. The fourth-order valence-corrected chi connectivity index (χ4v) is 4.55. The topological polar surface area (TPSA) is 25.4 Å². The van der Waals surface area contributed by atoms with Crippen molar-refractivity contribution < 1.29 is 4.74 Å². The molecule has 0 bridgehead atoms. The maximum atomic E-state index is 5.50. The van der Waals surface area contributed by atoms with Gasteiger partial charge in [-0.25, -0.2) is 0 Å². The van der Waals surface area contributed by atoms with E-state index in [1.54, 1.807) is 0 Å². The molecule has 0 saturated carbocycles. The van der Waals surface area contributed by atoms with Crippen LogP contribution in [0, 0.1) is 0 Å². The molecule has 2 aromatic carbocycles. The van der Waals surface area contributed by atoms with Crippen molar-refractivity contribution >= 4 is 28.1 Å². The molecule has 0 atom stereocenters. The Balaban J connectivity index is 1.53. The predicted molar refractivity (Wildman–Crippen MR) is 121 cm³/mol. The van der Waals surface area contributed by atoms with E-state index in [4.69, 9.17) is 4.74 Å². The number of pyridine rings is 1. The number of aromatic nitrogens is 1. The summed E-state index contributed by atoms with van der Waals surface area (Å²) in [5, 5.41) is 1.20. The maximum absolute atomic E-state index is 5.50. The van der Waals surface area contributed by atoms with Gasteiger partial charge in [-0.1, -0.05) is 42.5 Å². The van der Waals surface area contributed by atoms with Gasteiger partial charge in [-0.3, -0.25) is 9.88 Å². The molecule has 2 heterocycles. The largest absolute Gasteiger partial charge is 0.379 e. The van der Waals surface area contributed by atoms with Crippen LogP contribution in [0.1, 0.15) is 30.0 Å². The summed E-state index contributed by atoms with van der Waals surface area (Å²) in [7, 11) is 0. The van der Waals surface area contributed by atoms with Crippen molar-refractivity contribution in [3.8, 4) is 0 Å². The molecule has 0 amide bonds. The van der Waals surface area contributed by atoms with Crippen LogP contribution in [0.15, 0.2) is 66.4 Å². The highest BCUT2D eigenvalue weighted by atomic mass is 16.5. The number of fused-ring (bicyclic) bond motifs is 2. The first-order chi connectivity index (χ1) is 14.3. The highest BCUT2D eigenvalue weighted by Crippen LogP contribution is 2.43. The highest BCUT2D eigenvalue weighted by molar-refractivity contribution is 6.07. The average molecular weight is 383 g/mol. The molecular weight excluding hydrogens is 356 g/mol. The number of para-hydroxylation sites is 1. The van der Waals surface area contributed by atoms with Crippen molar-refractivity contribution in [3.63, 3.8) is 0 Å². The standard InChI is InChI=1S/C26H26N2O/c1-19-21(11-13-28-14-16-29-17-15-28)23-7-2-3-8-24(23)25(19)18-20-10-12-27-26-9-5-4-6-22(20)26/h2-10,12,18H,11,13-17H2,1H3/b25-18-. The minimum absolute atomic E-state index is 0.856. The summed E-state index contributed by atoms with van der Waals surface area (Å²) < 4.78 is 5.50. The van der Waals surface area contributed by atoms with Crippen LogP contribution in [0.2, 0.25) is 0 Å². The fraction of sp³-hybridized carbons (Fsp3) is 0.269. The second-order valence-electron chi connectivity index (χ2n) is 7.83. The first-order valence-electron chi connectivity index (χ1n) is 10.5. The van der Waals surface area contributed by atoms with Gasteiger partial charge in [0.1, 0.15) is 0 Å². The minimum atomic E-state index is 0.856. The normalized spacial score (nSPS) is 18.6. The monoisotopic (exact) mass is 382 g/mol. The molecule has 1 fully saturated rings. The van der Waals surface area contributed by atoms with E-state index in [-0.39, 0.29) is 0 Å². The zero-order valence-corrected chi connectivity index (χ0v) is 16.9. The lowest BCUT2D eigenvalue weighted by molar-refractivity contribution is 0.0390. The van der Waals surface area contributed by atoms with Crippen LogP contribution in [-0.2, 0) is 4.74 Å². The van der Waals surface area contributed by atoms with Gasteiger partial charge in [0.2, 0.25) is 0 Å². The first-order valence-corrected chi connectivity index (χ1v) is 10.5. The van der Waals surface area contributed by atoms with Crippen LogP contribution < -0.4 is 0 Å². The van der Waals surface area contributed by atoms with E-state index in [2.05, 4.69) is 71.4 Å². The number of morpholine rings is 1. The number of benzene rings is 2. The molecule has 1 aromatic heterocycles. The summed E-state index contributed by atoms with van der Waals surface area (Å²) in [4.78, 5) is 7.04. The maximum Gasteiger partial charge on any atom is 0.0707 e. The zero-order valence-electron chi connectivity index (χ0n) is 16.9. The van der Waals surface area contributed by atoms with Crippen LogP contribution >= 0.6 is 0 Å². The van der Waals surface area contributed by atoms with Gasteiger partial charge in [0.15, 0.2) is 0 Å². The molecule has 29 heavy (non-hydrogen) atoms. The molecule has 0 N–H and O–H groups in total. The van der Waals surface area contributed by atoms with E-state index >= 15 is 0 Å². The van der Waals surface area contributed by atoms with Gasteiger partial charge in [0.05, 0.1) is 18.7 Å². The molecule has 3 nitrogen and oxygen atoms in total. The molecule has 0 unspecified atom stereocenters. The van der Waals surface area contributed by atoms with Gasteiger partial charge in [-0.2, -0.15) is 0 Å². The van der Waals surface area contributed by atoms with Gasteiger partial charge in [0, 0.05) is 31.2 Å². The van der Waals surface area contributed by atoms with Crippen LogP contribution in [0.25, 0.3) is 28.1 Å². The summed E-state index contributed by atoms with van der Waals surface area (Å²) in [6, 6.07) is 19.3. The first kappa shape index (κ1) is 18.3. The molecule has 1 aliphatic carbocycles. The fourth-order valence-electron chi connectivity index (χ4n) is 4.55. The van der Waals surface area contributed by atoms with Crippen molar-refractivity contribution in [2.75, 3.05) is 32.8 Å². The van der Waals surface area contributed by atoms with Crippen molar-refractivity contribution in [2.45, 2.75) is 13.3 Å². The number of hydrogen-bond donors (Lipinski definition) is 0. The molecule has 5 rings (SSSR count). The predicted octanol–water partition coefficient (Wildman–Crippen LogP) is 5.28. The van der Waals surface area contributed by atoms with Crippen molar-refractivity contribution in [3.05, 3.63) is 83.1 Å². The molecule has 1 aliphatic heterocycles. The Hall–Kier alpha value is -2.75. The number of allylic oxidation sites excluding steroid dienone is 2. The molecule has 1 saturated heterocycles. The van der Waals surface area contributed by atoms with Gasteiger partial charge in [-0.05, 0) is 65.0 Å². The Morgan fingerprint density at radius 3 is 2.59 bits per heavy atom. The molecular formula is C26H26N2O. The summed E-state index contributed by atoms with van der Waals surface area (Å²) in [5.41, 5.74) is 9.24. The lowest BCUT2D eigenvalue weighted by atomic mass is 9.99. The third-order valence-electron chi connectivity index (χ3n) is 6.16. The second kappa shape index (κ2) is 7.94. The van der Waals surface area contributed by atoms with E-state index in [0.717, 1.165) is 44.8 Å². The van der Waals surface area contributed by atoms with E-state index in [1.807, 2.05) is 12.3 Å². The number of hydrogen-bond acceptors (Lipinski definition) is 3. The number of nitrogens with zero attached hydrogens (tertiary/aromatic N) is 2. The Morgan fingerprint density at radius 2 is 1.72 bits per heavy atom. The number of rotatable bonds is 4. The molecule has 0 spiro atoms. The van der Waals surface area contributed by atoms with Crippen LogP contribution in [-0.4, -0.2) is 42.7 Å².